The van der Waals surface area contributed by atoms with E-state index in [1.807, 2.05) is 0 Å². The molecule has 0 N–H and O–H groups in total. The molecule has 0 atom stereocenters. The predicted octanol–water partition coefficient (Wildman–Crippen LogP) is 5.66. The van der Waals surface area contributed by atoms with Crippen molar-refractivity contribution in [3.63, 3.8) is 0 Å². The highest BCUT2D eigenvalue weighted by atomic mass is 19.1. The molecule has 0 unspecified atom stereocenters. The van der Waals surface area contributed by atoms with Crippen LogP contribution in [0, 0.1) is 39.3 Å². The van der Waals surface area contributed by atoms with Crippen LogP contribution < -0.4 is 0 Å². The SMILES string of the molecule is Cc1c(C)c(C(=O)c2ccc(F)cc2)c(C)c(C)c1C(=O)c1ccc(F)cc1. The number of halogens is 2. The molecule has 28 heavy (non-hydrogen) atoms. The Bertz CT molecular complexity index is 962. The van der Waals surface area contributed by atoms with Crippen molar-refractivity contribution in [3.05, 3.63) is 105 Å². The van der Waals surface area contributed by atoms with E-state index in [9.17, 15) is 18.4 Å². The summed E-state index contributed by atoms with van der Waals surface area (Å²) in [4.78, 5) is 26.1. The molecule has 3 aromatic rings. The molecule has 0 aliphatic heterocycles. The van der Waals surface area contributed by atoms with Crippen molar-refractivity contribution in [1.82, 2.24) is 0 Å². The Balaban J connectivity index is 2.14. The molecule has 3 aromatic carbocycles. The summed E-state index contributed by atoms with van der Waals surface area (Å²) in [7, 11) is 0. The third kappa shape index (κ3) is 3.38. The smallest absolute Gasteiger partial charge is 0.193 e. The van der Waals surface area contributed by atoms with Crippen LogP contribution in [0.15, 0.2) is 48.5 Å². The van der Waals surface area contributed by atoms with E-state index in [0.717, 1.165) is 0 Å². The first-order valence-corrected chi connectivity index (χ1v) is 8.93. The van der Waals surface area contributed by atoms with Crippen molar-refractivity contribution >= 4 is 11.6 Å². The summed E-state index contributed by atoms with van der Waals surface area (Å²) in [6.45, 7) is 7.22. The van der Waals surface area contributed by atoms with Gasteiger partial charge in [-0.1, -0.05) is 0 Å². The summed E-state index contributed by atoms with van der Waals surface area (Å²) in [5.41, 5.74) is 4.68. The number of hydrogen-bond acceptors (Lipinski definition) is 2. The van der Waals surface area contributed by atoms with Gasteiger partial charge in [0.25, 0.3) is 0 Å². The fraction of sp³-hybridized carbons (Fsp3) is 0.167. The summed E-state index contributed by atoms with van der Waals surface area (Å²) in [5.74, 6) is -1.22. The van der Waals surface area contributed by atoms with Gasteiger partial charge >= 0.3 is 0 Å². The molecular weight excluding hydrogens is 358 g/mol. The highest BCUT2D eigenvalue weighted by molar-refractivity contribution is 6.15. The summed E-state index contributed by atoms with van der Waals surface area (Å²) < 4.78 is 26.4. The summed E-state index contributed by atoms with van der Waals surface area (Å²) in [6.07, 6.45) is 0. The molecule has 0 amide bonds. The number of hydrogen-bond donors (Lipinski definition) is 0. The standard InChI is InChI=1S/C24H20F2O2/c1-13-14(2)22(24(28)18-7-11-20(26)12-8-18)16(4)15(3)21(13)23(27)17-5-9-19(25)10-6-17/h5-12H,1-4H3. The van der Waals surface area contributed by atoms with Crippen molar-refractivity contribution in [3.8, 4) is 0 Å². The van der Waals surface area contributed by atoms with Crippen molar-refractivity contribution in [2.24, 2.45) is 0 Å². The molecule has 142 valence electrons. The van der Waals surface area contributed by atoms with Crippen LogP contribution in [0.25, 0.3) is 0 Å². The third-order valence-corrected chi connectivity index (χ3v) is 5.29. The number of rotatable bonds is 4. The van der Waals surface area contributed by atoms with Gasteiger partial charge in [0.15, 0.2) is 11.6 Å². The van der Waals surface area contributed by atoms with Gasteiger partial charge in [0.05, 0.1) is 0 Å². The lowest BCUT2D eigenvalue weighted by atomic mass is 9.83. The molecule has 0 radical (unpaired) electrons. The van der Waals surface area contributed by atoms with Gasteiger partial charge in [0.2, 0.25) is 0 Å². The minimum Gasteiger partial charge on any atom is -0.289 e. The van der Waals surface area contributed by atoms with Crippen molar-refractivity contribution in [2.45, 2.75) is 27.7 Å². The van der Waals surface area contributed by atoms with E-state index >= 15 is 0 Å². The van der Waals surface area contributed by atoms with Gasteiger partial charge in [-0.25, -0.2) is 8.78 Å². The first-order chi connectivity index (χ1) is 13.2. The molecule has 0 bridgehead atoms. The molecule has 4 heteroatoms. The molecule has 0 aromatic heterocycles. The second-order valence-corrected chi connectivity index (χ2v) is 6.92. The second kappa shape index (κ2) is 7.47. The van der Waals surface area contributed by atoms with E-state index < -0.39 is 11.6 Å². The van der Waals surface area contributed by atoms with Crippen LogP contribution in [-0.4, -0.2) is 11.6 Å². The van der Waals surface area contributed by atoms with E-state index in [0.29, 0.717) is 44.5 Å². The van der Waals surface area contributed by atoms with E-state index in [1.165, 1.54) is 48.5 Å². The summed E-state index contributed by atoms with van der Waals surface area (Å²) in [5, 5.41) is 0. The average Bonchev–Trinajstić information content (AvgIpc) is 2.67. The van der Waals surface area contributed by atoms with Crippen molar-refractivity contribution < 1.29 is 18.4 Å². The number of carbonyl (C=O) groups excluding carboxylic acids is 2. The van der Waals surface area contributed by atoms with Gasteiger partial charge in [-0.3, -0.25) is 9.59 Å². The Morgan fingerprint density at radius 3 is 1.04 bits per heavy atom. The molecule has 0 aliphatic rings. The normalized spacial score (nSPS) is 10.8. The average molecular weight is 378 g/mol. The fourth-order valence-electron chi connectivity index (χ4n) is 3.48. The largest absolute Gasteiger partial charge is 0.289 e. The van der Waals surface area contributed by atoms with E-state index in [1.54, 1.807) is 27.7 Å². The lowest BCUT2D eigenvalue weighted by Crippen LogP contribution is -2.15. The fourth-order valence-corrected chi connectivity index (χ4v) is 3.48. The van der Waals surface area contributed by atoms with Gasteiger partial charge in [0.1, 0.15) is 11.6 Å². The predicted molar refractivity (Wildman–Crippen MR) is 105 cm³/mol. The topological polar surface area (TPSA) is 34.1 Å². The quantitative estimate of drug-likeness (QED) is 0.549. The maximum Gasteiger partial charge on any atom is 0.193 e. The van der Waals surface area contributed by atoms with E-state index in [2.05, 4.69) is 0 Å². The molecule has 0 spiro atoms. The second-order valence-electron chi connectivity index (χ2n) is 6.92. The molecule has 0 saturated carbocycles. The van der Waals surface area contributed by atoms with Crippen LogP contribution in [0.2, 0.25) is 0 Å². The monoisotopic (exact) mass is 378 g/mol. The Labute approximate surface area is 162 Å². The van der Waals surface area contributed by atoms with Crippen LogP contribution in [0.1, 0.15) is 54.1 Å². The maximum atomic E-state index is 13.2. The zero-order valence-corrected chi connectivity index (χ0v) is 16.2. The maximum absolute atomic E-state index is 13.2. The van der Waals surface area contributed by atoms with Gasteiger partial charge in [-0.2, -0.15) is 0 Å². The molecule has 0 saturated heterocycles. The lowest BCUT2D eigenvalue weighted by Gasteiger charge is -2.19. The number of ketones is 2. The van der Waals surface area contributed by atoms with Crippen LogP contribution >= 0.6 is 0 Å². The Hall–Kier alpha value is -3.14. The van der Waals surface area contributed by atoms with Gasteiger partial charge < -0.3 is 0 Å². The van der Waals surface area contributed by atoms with E-state index in [-0.39, 0.29) is 11.6 Å². The lowest BCUT2D eigenvalue weighted by molar-refractivity contribution is 0.102. The van der Waals surface area contributed by atoms with Crippen LogP contribution in [0.3, 0.4) is 0 Å². The highest BCUT2D eigenvalue weighted by Gasteiger charge is 2.24. The Morgan fingerprint density at radius 1 is 0.536 bits per heavy atom. The molecular formula is C24H20F2O2. The summed E-state index contributed by atoms with van der Waals surface area (Å²) >= 11 is 0. The van der Waals surface area contributed by atoms with Crippen LogP contribution in [0.5, 0.6) is 0 Å². The zero-order valence-electron chi connectivity index (χ0n) is 16.2. The first kappa shape index (κ1) is 19.6. The van der Waals surface area contributed by atoms with Crippen LogP contribution in [-0.2, 0) is 0 Å². The zero-order chi connectivity index (χ0) is 20.6. The van der Waals surface area contributed by atoms with Crippen molar-refractivity contribution in [2.75, 3.05) is 0 Å². The van der Waals surface area contributed by atoms with Gasteiger partial charge in [-0.05, 0) is 98.5 Å². The summed E-state index contributed by atoms with van der Waals surface area (Å²) in [6, 6.07) is 10.8. The molecule has 0 heterocycles. The third-order valence-electron chi connectivity index (χ3n) is 5.29. The van der Waals surface area contributed by atoms with E-state index in [4.69, 9.17) is 0 Å². The molecule has 2 nitrogen and oxygen atoms in total. The molecule has 0 aliphatic carbocycles. The van der Waals surface area contributed by atoms with Gasteiger partial charge in [0, 0.05) is 22.3 Å². The molecule has 3 rings (SSSR count). The highest BCUT2D eigenvalue weighted by Crippen LogP contribution is 2.30. The number of benzene rings is 3. The first-order valence-electron chi connectivity index (χ1n) is 8.93. The molecule has 0 fully saturated rings. The minimum atomic E-state index is -0.405. The Morgan fingerprint density at radius 2 is 0.786 bits per heavy atom. The van der Waals surface area contributed by atoms with Crippen molar-refractivity contribution in [1.29, 1.82) is 0 Å². The Kier molecular flexibility index (Phi) is 5.23. The number of carbonyl (C=O) groups is 2. The van der Waals surface area contributed by atoms with Gasteiger partial charge in [-0.15, -0.1) is 0 Å². The minimum absolute atomic E-state index is 0.206. The van der Waals surface area contributed by atoms with Crippen LogP contribution in [0.4, 0.5) is 8.78 Å².